The maximum atomic E-state index is 12.3. The van der Waals surface area contributed by atoms with Gasteiger partial charge in [-0.05, 0) is 36.2 Å². The molecule has 0 fully saturated rings. The minimum absolute atomic E-state index is 0.0660. The predicted octanol–water partition coefficient (Wildman–Crippen LogP) is 2.66. The van der Waals surface area contributed by atoms with Crippen LogP contribution >= 0.6 is 0 Å². The average Bonchev–Trinajstić information content (AvgIpc) is 2.46. The molecule has 0 aliphatic rings. The number of aryl methyl sites for hydroxylation is 1. The standard InChI is InChI=1S/C16H17NO3S/c1-13(18)17-15-7-9-16(10-8-15)21(19,20)12-11-14-5-3-2-4-6-14/h2-10H,11-12H2,1H3,(H,17,18). The van der Waals surface area contributed by atoms with E-state index < -0.39 is 9.84 Å². The first kappa shape index (κ1) is 15.3. The summed E-state index contributed by atoms with van der Waals surface area (Å²) in [6.07, 6.45) is 0.483. The summed E-state index contributed by atoms with van der Waals surface area (Å²) in [6, 6.07) is 15.7. The van der Waals surface area contributed by atoms with Crippen molar-refractivity contribution in [1.82, 2.24) is 0 Å². The molecule has 0 aliphatic heterocycles. The third kappa shape index (κ3) is 4.43. The van der Waals surface area contributed by atoms with Gasteiger partial charge < -0.3 is 5.32 Å². The molecule has 0 spiro atoms. The normalized spacial score (nSPS) is 11.1. The number of benzene rings is 2. The first-order valence-electron chi connectivity index (χ1n) is 6.62. The van der Waals surface area contributed by atoms with Crippen LogP contribution < -0.4 is 5.32 Å². The highest BCUT2D eigenvalue weighted by atomic mass is 32.2. The second-order valence-corrected chi connectivity index (χ2v) is 6.87. The molecule has 0 aromatic heterocycles. The second kappa shape index (κ2) is 6.54. The van der Waals surface area contributed by atoms with Crippen molar-refractivity contribution in [3.63, 3.8) is 0 Å². The van der Waals surface area contributed by atoms with E-state index in [1.165, 1.54) is 19.1 Å². The van der Waals surface area contributed by atoms with E-state index in [1.54, 1.807) is 12.1 Å². The number of sulfone groups is 1. The topological polar surface area (TPSA) is 63.2 Å². The highest BCUT2D eigenvalue weighted by Crippen LogP contribution is 2.16. The molecule has 4 nitrogen and oxygen atoms in total. The largest absolute Gasteiger partial charge is 0.326 e. The fraction of sp³-hybridized carbons (Fsp3) is 0.188. The Bertz CT molecular complexity index is 707. The molecule has 5 heteroatoms. The van der Waals surface area contributed by atoms with Crippen molar-refractivity contribution in [2.75, 3.05) is 11.1 Å². The van der Waals surface area contributed by atoms with Crippen LogP contribution in [0.4, 0.5) is 5.69 Å². The lowest BCUT2D eigenvalue weighted by Gasteiger charge is -2.06. The van der Waals surface area contributed by atoms with Gasteiger partial charge in [0.1, 0.15) is 0 Å². The van der Waals surface area contributed by atoms with Gasteiger partial charge in [-0.2, -0.15) is 0 Å². The molecule has 1 amide bonds. The molecule has 0 heterocycles. The lowest BCUT2D eigenvalue weighted by molar-refractivity contribution is -0.114. The van der Waals surface area contributed by atoms with Crippen LogP contribution in [0.5, 0.6) is 0 Å². The number of carbonyl (C=O) groups is 1. The summed E-state index contributed by atoms with van der Waals surface area (Å²) in [7, 11) is -3.32. The quantitative estimate of drug-likeness (QED) is 0.923. The monoisotopic (exact) mass is 303 g/mol. The number of hydrogen-bond donors (Lipinski definition) is 1. The first-order valence-corrected chi connectivity index (χ1v) is 8.27. The Morgan fingerprint density at radius 1 is 1.00 bits per heavy atom. The number of carbonyl (C=O) groups excluding carboxylic acids is 1. The molecular weight excluding hydrogens is 286 g/mol. The van der Waals surface area contributed by atoms with Crippen LogP contribution in [0.1, 0.15) is 12.5 Å². The Hall–Kier alpha value is -2.14. The maximum absolute atomic E-state index is 12.3. The third-order valence-electron chi connectivity index (χ3n) is 3.04. The number of amides is 1. The van der Waals surface area contributed by atoms with Crippen molar-refractivity contribution in [3.05, 3.63) is 60.2 Å². The van der Waals surface area contributed by atoms with Crippen molar-refractivity contribution >= 4 is 21.4 Å². The summed E-state index contributed by atoms with van der Waals surface area (Å²) in [5, 5.41) is 2.61. The fourth-order valence-electron chi connectivity index (χ4n) is 1.96. The lowest BCUT2D eigenvalue weighted by Crippen LogP contribution is -2.10. The summed E-state index contributed by atoms with van der Waals surface area (Å²) in [6.45, 7) is 1.41. The molecule has 110 valence electrons. The molecule has 2 rings (SSSR count). The van der Waals surface area contributed by atoms with Crippen molar-refractivity contribution in [3.8, 4) is 0 Å². The van der Waals surface area contributed by atoms with E-state index in [1.807, 2.05) is 30.3 Å². The zero-order chi connectivity index (χ0) is 15.3. The van der Waals surface area contributed by atoms with Gasteiger partial charge in [-0.25, -0.2) is 8.42 Å². The van der Waals surface area contributed by atoms with Crippen molar-refractivity contribution in [1.29, 1.82) is 0 Å². The molecule has 2 aromatic carbocycles. The summed E-state index contributed by atoms with van der Waals surface area (Å²) in [5.74, 6) is -0.120. The molecule has 2 aromatic rings. The molecule has 0 atom stereocenters. The molecule has 0 unspecified atom stereocenters. The molecule has 0 bridgehead atoms. The molecule has 21 heavy (non-hydrogen) atoms. The highest BCUT2D eigenvalue weighted by Gasteiger charge is 2.14. The molecule has 0 radical (unpaired) electrons. The van der Waals surface area contributed by atoms with Gasteiger partial charge in [0.25, 0.3) is 0 Å². The Morgan fingerprint density at radius 3 is 2.19 bits per heavy atom. The van der Waals surface area contributed by atoms with E-state index in [4.69, 9.17) is 0 Å². The van der Waals surface area contributed by atoms with E-state index in [0.717, 1.165) is 5.56 Å². The van der Waals surface area contributed by atoms with Crippen molar-refractivity contribution in [2.45, 2.75) is 18.2 Å². The Labute approximate surface area is 124 Å². The zero-order valence-electron chi connectivity index (χ0n) is 11.7. The van der Waals surface area contributed by atoms with Gasteiger partial charge in [-0.3, -0.25) is 4.79 Å². The van der Waals surface area contributed by atoms with Gasteiger partial charge in [0.05, 0.1) is 10.6 Å². The molecule has 0 saturated heterocycles. The van der Waals surface area contributed by atoms with Gasteiger partial charge in [0, 0.05) is 12.6 Å². The van der Waals surface area contributed by atoms with E-state index in [9.17, 15) is 13.2 Å². The van der Waals surface area contributed by atoms with Crippen LogP contribution in [0.2, 0.25) is 0 Å². The highest BCUT2D eigenvalue weighted by molar-refractivity contribution is 7.91. The van der Waals surface area contributed by atoms with Gasteiger partial charge in [0.15, 0.2) is 9.84 Å². The van der Waals surface area contributed by atoms with Crippen LogP contribution in [-0.4, -0.2) is 20.1 Å². The predicted molar refractivity (Wildman–Crippen MR) is 82.9 cm³/mol. The van der Waals surface area contributed by atoms with E-state index in [-0.39, 0.29) is 16.6 Å². The summed E-state index contributed by atoms with van der Waals surface area (Å²) >= 11 is 0. The zero-order valence-corrected chi connectivity index (χ0v) is 12.6. The summed E-state index contributed by atoms with van der Waals surface area (Å²) in [5.41, 5.74) is 1.58. The van der Waals surface area contributed by atoms with Crippen LogP contribution in [0.3, 0.4) is 0 Å². The Balaban J connectivity index is 2.07. The summed E-state index contributed by atoms with van der Waals surface area (Å²) < 4.78 is 24.5. The minimum Gasteiger partial charge on any atom is -0.326 e. The van der Waals surface area contributed by atoms with Crippen molar-refractivity contribution < 1.29 is 13.2 Å². The fourth-order valence-corrected chi connectivity index (χ4v) is 3.25. The van der Waals surface area contributed by atoms with E-state index in [2.05, 4.69) is 5.32 Å². The molecule has 0 aliphatic carbocycles. The van der Waals surface area contributed by atoms with Crippen LogP contribution in [0.25, 0.3) is 0 Å². The van der Waals surface area contributed by atoms with Crippen molar-refractivity contribution in [2.24, 2.45) is 0 Å². The number of anilines is 1. The van der Waals surface area contributed by atoms with Crippen LogP contribution in [0.15, 0.2) is 59.5 Å². The van der Waals surface area contributed by atoms with Gasteiger partial charge >= 0.3 is 0 Å². The summed E-state index contributed by atoms with van der Waals surface area (Å²) in [4.78, 5) is 11.2. The minimum atomic E-state index is -3.32. The molecular formula is C16H17NO3S. The van der Waals surface area contributed by atoms with E-state index >= 15 is 0 Å². The maximum Gasteiger partial charge on any atom is 0.221 e. The molecule has 0 saturated carbocycles. The van der Waals surface area contributed by atoms with Crippen LogP contribution in [-0.2, 0) is 21.1 Å². The molecule has 1 N–H and O–H groups in total. The van der Waals surface area contributed by atoms with Gasteiger partial charge in [0.2, 0.25) is 5.91 Å². The average molecular weight is 303 g/mol. The first-order chi connectivity index (χ1) is 9.97. The number of rotatable bonds is 5. The van der Waals surface area contributed by atoms with Crippen LogP contribution in [0, 0.1) is 0 Å². The van der Waals surface area contributed by atoms with Gasteiger partial charge in [-0.15, -0.1) is 0 Å². The Morgan fingerprint density at radius 2 is 1.62 bits per heavy atom. The van der Waals surface area contributed by atoms with Gasteiger partial charge in [-0.1, -0.05) is 30.3 Å². The lowest BCUT2D eigenvalue weighted by atomic mass is 10.2. The van der Waals surface area contributed by atoms with E-state index in [0.29, 0.717) is 12.1 Å². The SMILES string of the molecule is CC(=O)Nc1ccc(S(=O)(=O)CCc2ccccc2)cc1. The number of hydrogen-bond acceptors (Lipinski definition) is 3. The third-order valence-corrected chi connectivity index (χ3v) is 4.77. The second-order valence-electron chi connectivity index (χ2n) is 4.76. The number of nitrogens with one attached hydrogen (secondary N) is 1. The smallest absolute Gasteiger partial charge is 0.221 e. The Kier molecular flexibility index (Phi) is 4.75.